The number of Topliss-reactive ketones (excluding diaryl/α,β-unsaturated/α-hetero) is 1. The number of carbonyl (C=O) groups excluding carboxylic acids is 1. The number of ketones is 1. The first-order valence-corrected chi connectivity index (χ1v) is 5.51. The highest BCUT2D eigenvalue weighted by Gasteiger charge is 2.29. The molecule has 0 saturated heterocycles. The highest BCUT2D eigenvalue weighted by Crippen LogP contribution is 2.29. The molecule has 16 heavy (non-hydrogen) atoms. The number of carbonyl (C=O) groups is 1. The van der Waals surface area contributed by atoms with E-state index in [0.717, 1.165) is 0 Å². The topological polar surface area (TPSA) is 37.3 Å². The molecule has 2 heteroatoms. The number of hydrogen-bond donors (Lipinski definition) is 1. The summed E-state index contributed by atoms with van der Waals surface area (Å²) in [5.74, 6) is 0.0604. The van der Waals surface area contributed by atoms with E-state index in [1.165, 1.54) is 0 Å². The van der Waals surface area contributed by atoms with E-state index in [9.17, 15) is 9.90 Å². The van der Waals surface area contributed by atoms with Crippen LogP contribution in [0.25, 0.3) is 0 Å². The van der Waals surface area contributed by atoms with E-state index in [0.29, 0.717) is 11.1 Å². The Balaban J connectivity index is 3.31. The lowest BCUT2D eigenvalue weighted by molar-refractivity contribution is 0.0723. The van der Waals surface area contributed by atoms with Crippen LogP contribution in [0.4, 0.5) is 0 Å². The third-order valence-electron chi connectivity index (χ3n) is 2.51. The Bertz CT molecular complexity index is 392. The molecule has 0 radical (unpaired) electrons. The smallest absolute Gasteiger partial charge is 0.168 e. The molecule has 0 bridgehead atoms. The molecule has 0 aliphatic rings. The molecule has 0 spiro atoms. The molecule has 0 aliphatic heterocycles. The third-order valence-corrected chi connectivity index (χ3v) is 2.51. The van der Waals surface area contributed by atoms with Crippen molar-refractivity contribution in [3.05, 3.63) is 35.4 Å². The zero-order chi connectivity index (χ0) is 12.6. The van der Waals surface area contributed by atoms with E-state index in [1.807, 2.05) is 32.9 Å². The van der Waals surface area contributed by atoms with Crippen molar-refractivity contribution in [2.45, 2.75) is 40.2 Å². The van der Waals surface area contributed by atoms with Crippen LogP contribution in [-0.4, -0.2) is 10.9 Å². The summed E-state index contributed by atoms with van der Waals surface area (Å²) < 4.78 is 0. The van der Waals surface area contributed by atoms with Gasteiger partial charge in [0.25, 0.3) is 0 Å². The highest BCUT2D eigenvalue weighted by atomic mass is 16.3. The van der Waals surface area contributed by atoms with Gasteiger partial charge in [0.05, 0.1) is 5.60 Å². The SMILES string of the molecule is CC(C)(C)C(=O)c1ccccc1C(C)(C)O. The van der Waals surface area contributed by atoms with Gasteiger partial charge in [-0.2, -0.15) is 0 Å². The molecule has 0 unspecified atom stereocenters. The first-order valence-electron chi connectivity index (χ1n) is 5.51. The van der Waals surface area contributed by atoms with Crippen LogP contribution in [0.3, 0.4) is 0 Å². The Morgan fingerprint density at radius 1 is 1.06 bits per heavy atom. The first kappa shape index (κ1) is 12.9. The zero-order valence-electron chi connectivity index (χ0n) is 10.7. The van der Waals surface area contributed by atoms with Gasteiger partial charge in [0.15, 0.2) is 5.78 Å². The lowest BCUT2D eigenvalue weighted by Gasteiger charge is -2.24. The fourth-order valence-electron chi connectivity index (χ4n) is 1.62. The van der Waals surface area contributed by atoms with Gasteiger partial charge in [-0.05, 0) is 19.4 Å². The molecular formula is C14H20O2. The number of rotatable bonds is 2. The number of benzene rings is 1. The lowest BCUT2D eigenvalue weighted by Crippen LogP contribution is -2.26. The molecule has 0 fully saturated rings. The second kappa shape index (κ2) is 4.02. The largest absolute Gasteiger partial charge is 0.386 e. The van der Waals surface area contributed by atoms with Crippen LogP contribution in [0.15, 0.2) is 24.3 Å². The van der Waals surface area contributed by atoms with Gasteiger partial charge >= 0.3 is 0 Å². The minimum Gasteiger partial charge on any atom is -0.386 e. The maximum absolute atomic E-state index is 12.2. The normalized spacial score (nSPS) is 12.6. The van der Waals surface area contributed by atoms with Crippen LogP contribution >= 0.6 is 0 Å². The van der Waals surface area contributed by atoms with Crippen molar-refractivity contribution in [3.63, 3.8) is 0 Å². The fraction of sp³-hybridized carbons (Fsp3) is 0.500. The zero-order valence-corrected chi connectivity index (χ0v) is 10.7. The van der Waals surface area contributed by atoms with Gasteiger partial charge in [0.1, 0.15) is 0 Å². The summed E-state index contributed by atoms with van der Waals surface area (Å²) in [7, 11) is 0. The van der Waals surface area contributed by atoms with Crippen LogP contribution in [0.5, 0.6) is 0 Å². The van der Waals surface area contributed by atoms with Gasteiger partial charge in [-0.25, -0.2) is 0 Å². The predicted octanol–water partition coefficient (Wildman–Crippen LogP) is 3.14. The minimum absolute atomic E-state index is 0.0604. The van der Waals surface area contributed by atoms with E-state index in [2.05, 4.69) is 0 Å². The molecule has 2 nitrogen and oxygen atoms in total. The van der Waals surface area contributed by atoms with Crippen molar-refractivity contribution in [1.82, 2.24) is 0 Å². The van der Waals surface area contributed by atoms with Gasteiger partial charge in [-0.3, -0.25) is 4.79 Å². The maximum atomic E-state index is 12.2. The quantitative estimate of drug-likeness (QED) is 0.777. The van der Waals surface area contributed by atoms with Crippen LogP contribution in [0.1, 0.15) is 50.5 Å². The van der Waals surface area contributed by atoms with Crippen LogP contribution in [0, 0.1) is 5.41 Å². The lowest BCUT2D eigenvalue weighted by atomic mass is 9.81. The summed E-state index contributed by atoms with van der Waals surface area (Å²) in [4.78, 5) is 12.2. The van der Waals surface area contributed by atoms with Gasteiger partial charge in [-0.15, -0.1) is 0 Å². The van der Waals surface area contributed by atoms with Gasteiger partial charge in [0.2, 0.25) is 0 Å². The minimum atomic E-state index is -0.989. The molecule has 0 saturated carbocycles. The summed E-state index contributed by atoms with van der Waals surface area (Å²) >= 11 is 0. The first-order chi connectivity index (χ1) is 7.14. The molecule has 0 aliphatic carbocycles. The average Bonchev–Trinajstić information content (AvgIpc) is 2.14. The van der Waals surface area contributed by atoms with Crippen molar-refractivity contribution in [1.29, 1.82) is 0 Å². The molecule has 0 aromatic heterocycles. The second-order valence-corrected chi connectivity index (χ2v) is 5.68. The highest BCUT2D eigenvalue weighted by molar-refractivity contribution is 6.01. The average molecular weight is 220 g/mol. The summed E-state index contributed by atoms with van der Waals surface area (Å²) in [6.45, 7) is 9.05. The summed E-state index contributed by atoms with van der Waals surface area (Å²) in [6.07, 6.45) is 0. The van der Waals surface area contributed by atoms with Gasteiger partial charge in [-0.1, -0.05) is 45.0 Å². The van der Waals surface area contributed by atoms with Gasteiger partial charge < -0.3 is 5.11 Å². The molecular weight excluding hydrogens is 200 g/mol. The number of aliphatic hydroxyl groups is 1. The van der Waals surface area contributed by atoms with Crippen LogP contribution < -0.4 is 0 Å². The second-order valence-electron chi connectivity index (χ2n) is 5.68. The molecule has 1 N–H and O–H groups in total. The summed E-state index contributed by atoms with van der Waals surface area (Å²) in [6, 6.07) is 7.25. The number of hydrogen-bond acceptors (Lipinski definition) is 2. The van der Waals surface area contributed by atoms with Crippen molar-refractivity contribution in [3.8, 4) is 0 Å². The van der Waals surface area contributed by atoms with Crippen LogP contribution in [0.2, 0.25) is 0 Å². The fourth-order valence-corrected chi connectivity index (χ4v) is 1.62. The molecule has 1 aromatic carbocycles. The van der Waals surface area contributed by atoms with E-state index < -0.39 is 11.0 Å². The Morgan fingerprint density at radius 3 is 2.00 bits per heavy atom. The predicted molar refractivity (Wildman–Crippen MR) is 65.5 cm³/mol. The van der Waals surface area contributed by atoms with E-state index in [1.54, 1.807) is 26.0 Å². The summed E-state index contributed by atoms with van der Waals surface area (Å²) in [5, 5.41) is 10.0. The summed E-state index contributed by atoms with van der Waals surface area (Å²) in [5.41, 5.74) is -0.115. The van der Waals surface area contributed by atoms with Gasteiger partial charge in [0, 0.05) is 11.0 Å². The molecule has 0 atom stereocenters. The molecule has 88 valence electrons. The Labute approximate surface area is 97.3 Å². The van der Waals surface area contributed by atoms with Crippen molar-refractivity contribution < 1.29 is 9.90 Å². The molecule has 1 rings (SSSR count). The molecule has 1 aromatic rings. The van der Waals surface area contributed by atoms with Crippen molar-refractivity contribution in [2.75, 3.05) is 0 Å². The van der Waals surface area contributed by atoms with Crippen molar-refractivity contribution in [2.24, 2.45) is 5.41 Å². The van der Waals surface area contributed by atoms with E-state index in [4.69, 9.17) is 0 Å². The standard InChI is InChI=1S/C14H20O2/c1-13(2,3)12(15)10-8-6-7-9-11(10)14(4,5)16/h6-9,16H,1-5H3. The van der Waals surface area contributed by atoms with Crippen LogP contribution in [-0.2, 0) is 5.60 Å². The van der Waals surface area contributed by atoms with E-state index in [-0.39, 0.29) is 5.78 Å². The van der Waals surface area contributed by atoms with Crippen molar-refractivity contribution >= 4 is 5.78 Å². The third kappa shape index (κ3) is 2.70. The maximum Gasteiger partial charge on any atom is 0.168 e. The Hall–Kier alpha value is -1.15. The monoisotopic (exact) mass is 220 g/mol. The molecule has 0 heterocycles. The Morgan fingerprint density at radius 2 is 1.56 bits per heavy atom. The molecule has 0 amide bonds. The Kier molecular flexibility index (Phi) is 3.25. The van der Waals surface area contributed by atoms with E-state index >= 15 is 0 Å².